The second-order valence-electron chi connectivity index (χ2n) is 6.58. The molecule has 0 saturated heterocycles. The van der Waals surface area contributed by atoms with E-state index in [2.05, 4.69) is 10.3 Å². The molecule has 0 aliphatic heterocycles. The van der Waals surface area contributed by atoms with Crippen molar-refractivity contribution in [1.29, 1.82) is 0 Å². The Labute approximate surface area is 180 Å². The van der Waals surface area contributed by atoms with Crippen molar-refractivity contribution >= 4 is 5.91 Å². The predicted octanol–water partition coefficient (Wildman–Crippen LogP) is 2.51. The molecule has 0 saturated carbocycles. The molecule has 3 rings (SSSR count). The summed E-state index contributed by atoms with van der Waals surface area (Å²) in [7, 11) is 1.60. The molecule has 0 bridgehead atoms. The minimum absolute atomic E-state index is 0.114. The molecule has 1 amide bonds. The highest BCUT2D eigenvalue weighted by Crippen LogP contribution is 2.19. The van der Waals surface area contributed by atoms with Crippen LogP contribution in [0.2, 0.25) is 0 Å². The van der Waals surface area contributed by atoms with E-state index in [1.54, 1.807) is 31.4 Å². The molecule has 2 aromatic carbocycles. The first-order valence-electron chi connectivity index (χ1n) is 9.92. The van der Waals surface area contributed by atoms with Crippen molar-refractivity contribution in [3.8, 4) is 28.5 Å². The van der Waals surface area contributed by atoms with Gasteiger partial charge in [-0.3, -0.25) is 14.2 Å². The zero-order valence-corrected chi connectivity index (χ0v) is 17.5. The van der Waals surface area contributed by atoms with Gasteiger partial charge in [-0.25, -0.2) is 4.98 Å². The maximum atomic E-state index is 12.3. The highest BCUT2D eigenvalue weighted by Gasteiger charge is 2.06. The molecule has 8 nitrogen and oxygen atoms in total. The van der Waals surface area contributed by atoms with Crippen molar-refractivity contribution in [2.75, 3.05) is 26.9 Å². The SMILES string of the molecule is CCOc1ccc(OCC(=O)NCCn2cnc(-c3ccc(OC)cc3)cc2=O)cc1. The third-order valence-corrected chi connectivity index (χ3v) is 4.44. The molecule has 0 spiro atoms. The van der Waals surface area contributed by atoms with E-state index in [9.17, 15) is 9.59 Å². The Morgan fingerprint density at radius 2 is 1.65 bits per heavy atom. The standard InChI is InChI=1S/C23H25N3O5/c1-3-30-19-8-10-20(11-9-19)31-15-22(27)24-12-13-26-16-25-21(14-23(26)28)17-4-6-18(29-2)7-5-17/h4-11,14,16H,3,12-13,15H2,1-2H3,(H,24,27). The molecule has 0 radical (unpaired) electrons. The van der Waals surface area contributed by atoms with Gasteiger partial charge < -0.3 is 19.5 Å². The molecule has 0 fully saturated rings. The summed E-state index contributed by atoms with van der Waals surface area (Å²) in [5.41, 5.74) is 1.21. The first-order chi connectivity index (χ1) is 15.1. The zero-order chi connectivity index (χ0) is 22.1. The van der Waals surface area contributed by atoms with E-state index in [1.165, 1.54) is 17.0 Å². The van der Waals surface area contributed by atoms with E-state index in [-0.39, 0.29) is 24.6 Å². The van der Waals surface area contributed by atoms with Crippen LogP contribution >= 0.6 is 0 Å². The quantitative estimate of drug-likeness (QED) is 0.539. The van der Waals surface area contributed by atoms with Gasteiger partial charge in [0.05, 0.1) is 25.7 Å². The van der Waals surface area contributed by atoms with Gasteiger partial charge in [0.1, 0.15) is 17.2 Å². The number of amides is 1. The number of rotatable bonds is 10. The number of carbonyl (C=O) groups is 1. The van der Waals surface area contributed by atoms with E-state index in [1.807, 2.05) is 31.2 Å². The molecule has 1 aromatic heterocycles. The van der Waals surface area contributed by atoms with Gasteiger partial charge in [-0.15, -0.1) is 0 Å². The minimum atomic E-state index is -0.273. The van der Waals surface area contributed by atoms with Crippen molar-refractivity contribution in [2.45, 2.75) is 13.5 Å². The summed E-state index contributed by atoms with van der Waals surface area (Å²) < 4.78 is 17.4. The van der Waals surface area contributed by atoms with E-state index in [0.29, 0.717) is 24.6 Å². The number of ether oxygens (including phenoxy) is 3. The maximum Gasteiger partial charge on any atom is 0.258 e. The average molecular weight is 423 g/mol. The van der Waals surface area contributed by atoms with Crippen LogP contribution in [0.3, 0.4) is 0 Å². The van der Waals surface area contributed by atoms with Crippen molar-refractivity contribution < 1.29 is 19.0 Å². The summed E-state index contributed by atoms with van der Waals surface area (Å²) in [6.45, 7) is 2.98. The summed E-state index contributed by atoms with van der Waals surface area (Å²) >= 11 is 0. The van der Waals surface area contributed by atoms with E-state index in [0.717, 1.165) is 17.1 Å². The first-order valence-corrected chi connectivity index (χ1v) is 9.92. The number of hydrogen-bond donors (Lipinski definition) is 1. The Balaban J connectivity index is 1.46. The summed E-state index contributed by atoms with van der Waals surface area (Å²) in [5, 5.41) is 2.73. The molecule has 1 N–H and O–H groups in total. The van der Waals surface area contributed by atoms with E-state index >= 15 is 0 Å². The van der Waals surface area contributed by atoms with Crippen LogP contribution in [-0.4, -0.2) is 42.3 Å². The molecular weight excluding hydrogens is 398 g/mol. The van der Waals surface area contributed by atoms with Crippen LogP contribution in [0.5, 0.6) is 17.2 Å². The summed E-state index contributed by atoms with van der Waals surface area (Å²) in [6, 6.07) is 15.8. The van der Waals surface area contributed by atoms with E-state index in [4.69, 9.17) is 14.2 Å². The smallest absolute Gasteiger partial charge is 0.258 e. The molecule has 1 heterocycles. The van der Waals surface area contributed by atoms with Crippen LogP contribution in [0.4, 0.5) is 0 Å². The molecule has 0 aliphatic rings. The van der Waals surface area contributed by atoms with Gasteiger partial charge in [0, 0.05) is 24.7 Å². The third kappa shape index (κ3) is 6.33. The van der Waals surface area contributed by atoms with Gasteiger partial charge in [-0.1, -0.05) is 0 Å². The molecule has 8 heteroatoms. The number of benzene rings is 2. The van der Waals surface area contributed by atoms with Crippen LogP contribution in [0.15, 0.2) is 65.7 Å². The fourth-order valence-electron chi connectivity index (χ4n) is 2.83. The maximum absolute atomic E-state index is 12.3. The number of hydrogen-bond acceptors (Lipinski definition) is 6. The van der Waals surface area contributed by atoms with Gasteiger partial charge in [0.25, 0.3) is 11.5 Å². The Morgan fingerprint density at radius 1 is 1.00 bits per heavy atom. The monoisotopic (exact) mass is 423 g/mol. The Hall–Kier alpha value is -3.81. The molecule has 3 aromatic rings. The topological polar surface area (TPSA) is 91.7 Å². The van der Waals surface area contributed by atoms with Crippen LogP contribution < -0.4 is 25.1 Å². The Kier molecular flexibility index (Phi) is 7.64. The molecule has 31 heavy (non-hydrogen) atoms. The van der Waals surface area contributed by atoms with Gasteiger partial charge in [-0.05, 0) is 55.5 Å². The molecule has 0 unspecified atom stereocenters. The van der Waals surface area contributed by atoms with Crippen LogP contribution in [-0.2, 0) is 11.3 Å². The van der Waals surface area contributed by atoms with Gasteiger partial charge >= 0.3 is 0 Å². The van der Waals surface area contributed by atoms with Gasteiger partial charge in [0.2, 0.25) is 0 Å². The largest absolute Gasteiger partial charge is 0.497 e. The van der Waals surface area contributed by atoms with Crippen LogP contribution in [0, 0.1) is 0 Å². The Morgan fingerprint density at radius 3 is 2.26 bits per heavy atom. The number of aromatic nitrogens is 2. The third-order valence-electron chi connectivity index (χ3n) is 4.44. The predicted molar refractivity (Wildman–Crippen MR) is 117 cm³/mol. The van der Waals surface area contributed by atoms with Crippen LogP contribution in [0.1, 0.15) is 6.92 Å². The fraction of sp³-hybridized carbons (Fsp3) is 0.261. The number of nitrogens with zero attached hydrogens (tertiary/aromatic N) is 2. The second-order valence-corrected chi connectivity index (χ2v) is 6.58. The van der Waals surface area contributed by atoms with Crippen LogP contribution in [0.25, 0.3) is 11.3 Å². The lowest BCUT2D eigenvalue weighted by atomic mass is 10.1. The second kappa shape index (κ2) is 10.8. The van der Waals surface area contributed by atoms with E-state index < -0.39 is 0 Å². The van der Waals surface area contributed by atoms with Gasteiger partial charge in [-0.2, -0.15) is 0 Å². The lowest BCUT2D eigenvalue weighted by Gasteiger charge is -2.10. The molecular formula is C23H25N3O5. The van der Waals surface area contributed by atoms with Crippen molar-refractivity contribution in [2.24, 2.45) is 0 Å². The summed E-state index contributed by atoms with van der Waals surface area (Å²) in [6.07, 6.45) is 1.48. The normalized spacial score (nSPS) is 10.4. The molecule has 0 atom stereocenters. The molecule has 162 valence electrons. The minimum Gasteiger partial charge on any atom is -0.497 e. The van der Waals surface area contributed by atoms with Crippen molar-refractivity contribution in [3.05, 3.63) is 71.3 Å². The fourth-order valence-corrected chi connectivity index (χ4v) is 2.83. The number of nitrogens with one attached hydrogen (secondary N) is 1. The summed E-state index contributed by atoms with van der Waals surface area (Å²) in [5.74, 6) is 1.79. The molecule has 0 aliphatic carbocycles. The lowest BCUT2D eigenvalue weighted by Crippen LogP contribution is -2.33. The van der Waals surface area contributed by atoms with Gasteiger partial charge in [0.15, 0.2) is 6.61 Å². The van der Waals surface area contributed by atoms with Crippen molar-refractivity contribution in [3.63, 3.8) is 0 Å². The summed E-state index contributed by atoms with van der Waals surface area (Å²) in [4.78, 5) is 28.7. The Bertz CT molecular complexity index is 1050. The first kappa shape index (κ1) is 21.9. The highest BCUT2D eigenvalue weighted by molar-refractivity contribution is 5.77. The number of methoxy groups -OCH3 is 1. The highest BCUT2D eigenvalue weighted by atomic mass is 16.5. The number of carbonyl (C=O) groups excluding carboxylic acids is 1. The zero-order valence-electron chi connectivity index (χ0n) is 17.5. The average Bonchev–Trinajstić information content (AvgIpc) is 2.80. The van der Waals surface area contributed by atoms with Crippen molar-refractivity contribution in [1.82, 2.24) is 14.9 Å². The lowest BCUT2D eigenvalue weighted by molar-refractivity contribution is -0.123.